The Balaban J connectivity index is 1.66. The molecule has 0 fully saturated rings. The van der Waals surface area contributed by atoms with Crippen molar-refractivity contribution in [1.82, 2.24) is 9.55 Å². The average Bonchev–Trinajstić information content (AvgIpc) is 3.00. The molecule has 0 saturated heterocycles. The lowest BCUT2D eigenvalue weighted by atomic mass is 10.0. The van der Waals surface area contributed by atoms with E-state index in [1.54, 1.807) is 16.3 Å². The molecule has 5 rings (SSSR count). The summed E-state index contributed by atoms with van der Waals surface area (Å²) < 4.78 is 1.77. The Morgan fingerprint density at radius 3 is 2.71 bits per heavy atom. The first-order chi connectivity index (χ1) is 11.8. The van der Waals surface area contributed by atoms with Crippen molar-refractivity contribution in [2.24, 2.45) is 0 Å². The van der Waals surface area contributed by atoms with E-state index in [-0.39, 0.29) is 11.2 Å². The SMILES string of the molecule is O=C1CC(c2cccc3ccccc23)Sc2nc3ccccc3n21. The van der Waals surface area contributed by atoms with Gasteiger partial charge in [-0.1, -0.05) is 66.4 Å². The van der Waals surface area contributed by atoms with Crippen LogP contribution in [0, 0.1) is 0 Å². The number of benzene rings is 3. The van der Waals surface area contributed by atoms with Gasteiger partial charge >= 0.3 is 0 Å². The summed E-state index contributed by atoms with van der Waals surface area (Å²) in [6.45, 7) is 0. The lowest BCUT2D eigenvalue weighted by Crippen LogP contribution is -2.19. The zero-order valence-electron chi connectivity index (χ0n) is 12.8. The minimum absolute atomic E-state index is 0.105. The summed E-state index contributed by atoms with van der Waals surface area (Å²) in [6.07, 6.45) is 0.492. The van der Waals surface area contributed by atoms with E-state index in [0.29, 0.717) is 6.42 Å². The number of imidazole rings is 1. The zero-order chi connectivity index (χ0) is 16.1. The Labute approximate surface area is 143 Å². The number of thioether (sulfide) groups is 1. The van der Waals surface area contributed by atoms with E-state index in [9.17, 15) is 4.79 Å². The van der Waals surface area contributed by atoms with Gasteiger partial charge in [-0.05, 0) is 28.5 Å². The summed E-state index contributed by atoms with van der Waals surface area (Å²) in [6, 6.07) is 22.5. The second-order valence-electron chi connectivity index (χ2n) is 5.99. The van der Waals surface area contributed by atoms with Crippen LogP contribution < -0.4 is 0 Å². The molecule has 2 heterocycles. The van der Waals surface area contributed by atoms with Gasteiger partial charge in [0.05, 0.1) is 11.0 Å². The minimum Gasteiger partial charge on any atom is -0.274 e. The van der Waals surface area contributed by atoms with Crippen LogP contribution in [0.5, 0.6) is 0 Å². The van der Waals surface area contributed by atoms with E-state index in [0.717, 1.165) is 16.2 Å². The number of nitrogens with zero attached hydrogens (tertiary/aromatic N) is 2. The van der Waals surface area contributed by atoms with Crippen molar-refractivity contribution in [3.63, 3.8) is 0 Å². The highest BCUT2D eigenvalue weighted by Gasteiger charge is 2.30. The summed E-state index contributed by atoms with van der Waals surface area (Å²) in [5.74, 6) is 0.121. The van der Waals surface area contributed by atoms with Crippen LogP contribution in [0.1, 0.15) is 22.0 Å². The van der Waals surface area contributed by atoms with E-state index in [2.05, 4.69) is 41.4 Å². The summed E-state index contributed by atoms with van der Waals surface area (Å²) in [5, 5.41) is 3.33. The van der Waals surface area contributed by atoms with E-state index in [1.807, 2.05) is 30.3 Å². The Bertz CT molecular complexity index is 1090. The molecule has 0 aliphatic carbocycles. The second-order valence-corrected chi connectivity index (χ2v) is 7.16. The minimum atomic E-state index is 0.105. The number of hydrogen-bond acceptors (Lipinski definition) is 3. The number of para-hydroxylation sites is 2. The monoisotopic (exact) mass is 330 g/mol. The van der Waals surface area contributed by atoms with Crippen molar-refractivity contribution in [3.05, 3.63) is 72.3 Å². The van der Waals surface area contributed by atoms with Gasteiger partial charge < -0.3 is 0 Å². The molecule has 0 saturated carbocycles. The van der Waals surface area contributed by atoms with Gasteiger partial charge in [0.15, 0.2) is 5.16 Å². The van der Waals surface area contributed by atoms with Gasteiger partial charge in [0.25, 0.3) is 0 Å². The van der Waals surface area contributed by atoms with E-state index >= 15 is 0 Å². The van der Waals surface area contributed by atoms with Gasteiger partial charge in [-0.15, -0.1) is 0 Å². The molecule has 1 aliphatic heterocycles. The summed E-state index contributed by atoms with van der Waals surface area (Å²) in [7, 11) is 0. The van der Waals surface area contributed by atoms with E-state index in [4.69, 9.17) is 0 Å². The number of hydrogen-bond donors (Lipinski definition) is 0. The summed E-state index contributed by atoms with van der Waals surface area (Å²) >= 11 is 1.69. The quantitative estimate of drug-likeness (QED) is 0.489. The molecule has 116 valence electrons. The topological polar surface area (TPSA) is 34.9 Å². The zero-order valence-corrected chi connectivity index (χ0v) is 13.7. The molecule has 4 heteroatoms. The number of carbonyl (C=O) groups is 1. The van der Waals surface area contributed by atoms with Crippen molar-refractivity contribution in [2.45, 2.75) is 16.8 Å². The first kappa shape index (κ1) is 13.8. The molecule has 4 aromatic rings. The van der Waals surface area contributed by atoms with Crippen molar-refractivity contribution < 1.29 is 4.79 Å². The normalized spacial score (nSPS) is 17.3. The third kappa shape index (κ3) is 2.00. The third-order valence-electron chi connectivity index (χ3n) is 4.56. The van der Waals surface area contributed by atoms with Gasteiger partial charge in [-0.25, -0.2) is 4.98 Å². The molecular weight excluding hydrogens is 316 g/mol. The van der Waals surface area contributed by atoms with Crippen molar-refractivity contribution in [2.75, 3.05) is 0 Å². The fraction of sp³-hybridized carbons (Fsp3) is 0.100. The van der Waals surface area contributed by atoms with Crippen molar-refractivity contribution >= 4 is 39.5 Å². The molecule has 0 spiro atoms. The van der Waals surface area contributed by atoms with Gasteiger partial charge in [0.1, 0.15) is 0 Å². The predicted octanol–water partition coefficient (Wildman–Crippen LogP) is 5.07. The van der Waals surface area contributed by atoms with Gasteiger partial charge in [-0.2, -0.15) is 0 Å². The molecule has 3 aromatic carbocycles. The molecule has 0 bridgehead atoms. The highest BCUT2D eigenvalue weighted by molar-refractivity contribution is 7.99. The van der Waals surface area contributed by atoms with Gasteiger partial charge in [0, 0.05) is 11.7 Å². The van der Waals surface area contributed by atoms with Crippen LogP contribution in [-0.2, 0) is 0 Å². The molecule has 1 aliphatic rings. The van der Waals surface area contributed by atoms with Crippen LogP contribution in [0.25, 0.3) is 21.8 Å². The van der Waals surface area contributed by atoms with Crippen LogP contribution in [0.3, 0.4) is 0 Å². The van der Waals surface area contributed by atoms with Crippen LogP contribution in [0.2, 0.25) is 0 Å². The Morgan fingerprint density at radius 1 is 0.958 bits per heavy atom. The lowest BCUT2D eigenvalue weighted by Gasteiger charge is -2.23. The summed E-state index contributed by atoms with van der Waals surface area (Å²) in [4.78, 5) is 17.5. The highest BCUT2D eigenvalue weighted by Crippen LogP contribution is 2.44. The maximum absolute atomic E-state index is 12.8. The van der Waals surface area contributed by atoms with Crippen LogP contribution in [-0.4, -0.2) is 15.5 Å². The molecule has 24 heavy (non-hydrogen) atoms. The van der Waals surface area contributed by atoms with E-state index < -0.39 is 0 Å². The largest absolute Gasteiger partial charge is 0.274 e. The molecule has 1 aromatic heterocycles. The van der Waals surface area contributed by atoms with Crippen LogP contribution in [0.15, 0.2) is 71.9 Å². The Kier molecular flexibility index (Phi) is 3.00. The van der Waals surface area contributed by atoms with Gasteiger partial charge in [-0.3, -0.25) is 9.36 Å². The average molecular weight is 330 g/mol. The predicted molar refractivity (Wildman–Crippen MR) is 97.5 cm³/mol. The maximum atomic E-state index is 12.8. The van der Waals surface area contributed by atoms with Crippen molar-refractivity contribution in [1.29, 1.82) is 0 Å². The molecule has 0 N–H and O–H groups in total. The fourth-order valence-corrected chi connectivity index (χ4v) is 4.72. The smallest absolute Gasteiger partial charge is 0.234 e. The number of carbonyl (C=O) groups excluding carboxylic acids is 1. The molecule has 0 radical (unpaired) electrons. The highest BCUT2D eigenvalue weighted by atomic mass is 32.2. The number of rotatable bonds is 1. The fourth-order valence-electron chi connectivity index (χ4n) is 3.45. The van der Waals surface area contributed by atoms with Crippen LogP contribution in [0.4, 0.5) is 0 Å². The molecule has 1 unspecified atom stereocenters. The van der Waals surface area contributed by atoms with Crippen molar-refractivity contribution in [3.8, 4) is 0 Å². The first-order valence-corrected chi connectivity index (χ1v) is 8.84. The molecule has 1 atom stereocenters. The molecular formula is C20H14N2OS. The van der Waals surface area contributed by atoms with Gasteiger partial charge in [0.2, 0.25) is 5.91 Å². The Hall–Kier alpha value is -2.59. The first-order valence-electron chi connectivity index (χ1n) is 7.96. The maximum Gasteiger partial charge on any atom is 0.234 e. The third-order valence-corrected chi connectivity index (χ3v) is 5.75. The molecule has 0 amide bonds. The Morgan fingerprint density at radius 2 is 1.75 bits per heavy atom. The summed E-state index contributed by atoms with van der Waals surface area (Å²) in [5.41, 5.74) is 3.00. The number of aromatic nitrogens is 2. The lowest BCUT2D eigenvalue weighted by molar-refractivity contribution is 0.0891. The number of fused-ring (bicyclic) bond motifs is 4. The van der Waals surface area contributed by atoms with E-state index in [1.165, 1.54) is 16.3 Å². The van der Waals surface area contributed by atoms with Crippen LogP contribution >= 0.6 is 11.8 Å². The second kappa shape index (κ2) is 5.21. The standard InChI is InChI=1S/C20H14N2OS/c23-19-12-18(15-9-5-7-13-6-1-2-8-14(13)15)24-20-21-16-10-3-4-11-17(16)22(19)20/h1-11,18H,12H2. The molecule has 3 nitrogen and oxygen atoms in total.